The zero-order chi connectivity index (χ0) is 18.0. The second kappa shape index (κ2) is 18.6. The first kappa shape index (κ1) is 26.5. The summed E-state index contributed by atoms with van der Waals surface area (Å²) in [4.78, 5) is 0. The average Bonchev–Trinajstić information content (AvgIpc) is 2.58. The lowest BCUT2D eigenvalue weighted by Crippen LogP contribution is -2.37. The topological polar surface area (TPSA) is 191 Å². The predicted molar refractivity (Wildman–Crippen MR) is 75.9 cm³/mol. The summed E-state index contributed by atoms with van der Waals surface area (Å²) in [6.45, 7) is -2.38. The number of hydrogen-bond acceptors (Lipinski definition) is 10. The van der Waals surface area contributed by atoms with Crippen molar-refractivity contribution in [2.45, 2.75) is 12.2 Å². The van der Waals surface area contributed by atoms with Crippen LogP contribution < -0.4 is 0 Å². The Morgan fingerprint density at radius 1 is 0.682 bits per heavy atom. The molecule has 0 aromatic heterocycles. The van der Waals surface area contributed by atoms with Crippen LogP contribution in [0.3, 0.4) is 0 Å². The first-order valence-electron chi connectivity index (χ1n) is 6.47. The van der Waals surface area contributed by atoms with Gasteiger partial charge in [0.25, 0.3) is 0 Å². The number of hydrogen-bond donors (Lipinski definition) is 9. The average molecular weight is 334 g/mol. The highest BCUT2D eigenvalue weighted by molar-refractivity contribution is 4.74. The molecule has 22 heavy (non-hydrogen) atoms. The van der Waals surface area contributed by atoms with Crippen LogP contribution in [-0.4, -0.2) is 118 Å². The van der Waals surface area contributed by atoms with Gasteiger partial charge < -0.3 is 50.7 Å². The van der Waals surface area contributed by atoms with Crippen molar-refractivity contribution in [3.8, 4) is 0 Å². The van der Waals surface area contributed by atoms with Gasteiger partial charge in [-0.05, 0) is 0 Å². The Balaban J connectivity index is -0.000000252. The molecule has 0 saturated heterocycles. The Morgan fingerprint density at radius 3 is 1.05 bits per heavy atom. The van der Waals surface area contributed by atoms with E-state index in [1.165, 1.54) is 7.11 Å². The first-order valence-corrected chi connectivity index (χ1v) is 6.47. The molecule has 1 unspecified atom stereocenters. The molecule has 0 bridgehead atoms. The quantitative estimate of drug-likeness (QED) is 0.198. The Labute approximate surface area is 129 Å². The molecule has 0 heterocycles. The summed E-state index contributed by atoms with van der Waals surface area (Å²) in [6.07, 6.45) is -1.67. The molecule has 0 aromatic carbocycles. The summed E-state index contributed by atoms with van der Waals surface area (Å²) in [5, 5.41) is 74.6. The standard InChI is InChI=1S/C5H12O4.C4H10O3.C3H8O3/c6-1-5(2-7,3-8)4-9;1-7-3-4(6)2-5;4-1-3(6)2-5/h6-9H,1-4H2;4-6H,2-3H2,1H3;3-6H,1-2H2. The Hall–Kier alpha value is -0.400. The van der Waals surface area contributed by atoms with Gasteiger partial charge in [0.2, 0.25) is 0 Å². The van der Waals surface area contributed by atoms with E-state index in [0.717, 1.165) is 0 Å². The molecule has 0 spiro atoms. The molecule has 0 amide bonds. The molecule has 0 fully saturated rings. The van der Waals surface area contributed by atoms with E-state index in [1.54, 1.807) is 0 Å². The van der Waals surface area contributed by atoms with Gasteiger partial charge in [0, 0.05) is 7.11 Å². The Morgan fingerprint density at radius 2 is 1.00 bits per heavy atom. The number of ether oxygens (including phenoxy) is 1. The van der Waals surface area contributed by atoms with Gasteiger partial charge >= 0.3 is 0 Å². The van der Waals surface area contributed by atoms with Crippen molar-refractivity contribution < 1.29 is 50.7 Å². The van der Waals surface area contributed by atoms with Gasteiger partial charge in [0.15, 0.2) is 0 Å². The molecule has 0 radical (unpaired) electrons. The Bertz CT molecular complexity index is 179. The second-order valence-corrected chi connectivity index (χ2v) is 4.44. The van der Waals surface area contributed by atoms with Crippen molar-refractivity contribution in [3.63, 3.8) is 0 Å². The third-order valence-electron chi connectivity index (χ3n) is 2.33. The zero-order valence-corrected chi connectivity index (χ0v) is 12.7. The van der Waals surface area contributed by atoms with Crippen LogP contribution in [0.15, 0.2) is 0 Å². The molecule has 0 aliphatic rings. The van der Waals surface area contributed by atoms with Gasteiger partial charge in [-0.15, -0.1) is 0 Å². The molecule has 1 atom stereocenters. The lowest BCUT2D eigenvalue weighted by atomic mass is 9.93. The molecule has 0 aromatic rings. The van der Waals surface area contributed by atoms with Gasteiger partial charge in [0.05, 0.1) is 58.3 Å². The minimum Gasteiger partial charge on any atom is -0.396 e. The van der Waals surface area contributed by atoms with Crippen molar-refractivity contribution >= 4 is 0 Å². The number of methoxy groups -OCH3 is 1. The minimum absolute atomic E-state index is 0.205. The molecule has 10 heteroatoms. The largest absolute Gasteiger partial charge is 0.396 e. The summed E-state index contributed by atoms with van der Waals surface area (Å²) < 4.78 is 4.48. The van der Waals surface area contributed by atoms with Crippen molar-refractivity contribution in [2.75, 3.05) is 60.0 Å². The fourth-order valence-corrected chi connectivity index (χ4v) is 0.603. The van der Waals surface area contributed by atoms with Gasteiger partial charge in [0.1, 0.15) is 12.2 Å². The SMILES string of the molecule is COCC(O)CO.OCC(CO)(CO)CO.OCC(O)CO. The molecular weight excluding hydrogens is 304 g/mol. The lowest BCUT2D eigenvalue weighted by Gasteiger charge is -2.23. The van der Waals surface area contributed by atoms with Crippen LogP contribution in [0.25, 0.3) is 0 Å². The zero-order valence-electron chi connectivity index (χ0n) is 12.7. The van der Waals surface area contributed by atoms with Crippen molar-refractivity contribution in [1.29, 1.82) is 0 Å². The highest BCUT2D eigenvalue weighted by Crippen LogP contribution is 2.11. The minimum atomic E-state index is -1.11. The molecule has 0 rings (SSSR count). The number of aliphatic hydroxyl groups is 9. The number of rotatable bonds is 9. The highest BCUT2D eigenvalue weighted by Gasteiger charge is 2.26. The number of aliphatic hydroxyl groups excluding tert-OH is 9. The van der Waals surface area contributed by atoms with Crippen LogP contribution in [0.5, 0.6) is 0 Å². The smallest absolute Gasteiger partial charge is 0.100 e. The van der Waals surface area contributed by atoms with Crippen LogP contribution in [0.2, 0.25) is 0 Å². The molecule has 10 nitrogen and oxygen atoms in total. The van der Waals surface area contributed by atoms with Crippen molar-refractivity contribution in [2.24, 2.45) is 5.41 Å². The molecule has 0 saturated carbocycles. The van der Waals surface area contributed by atoms with Crippen LogP contribution in [0.4, 0.5) is 0 Å². The van der Waals surface area contributed by atoms with Gasteiger partial charge in [-0.2, -0.15) is 0 Å². The van der Waals surface area contributed by atoms with Crippen molar-refractivity contribution in [3.05, 3.63) is 0 Å². The molecule has 0 aliphatic heterocycles. The lowest BCUT2D eigenvalue weighted by molar-refractivity contribution is -0.0328. The predicted octanol–water partition coefficient (Wildman–Crippen LogP) is -4.74. The van der Waals surface area contributed by atoms with E-state index >= 15 is 0 Å². The summed E-state index contributed by atoms with van der Waals surface area (Å²) in [5.41, 5.74) is -1.11. The normalized spacial score (nSPS) is 12.1. The summed E-state index contributed by atoms with van der Waals surface area (Å²) in [6, 6.07) is 0. The van der Waals surface area contributed by atoms with Gasteiger partial charge in [-0.1, -0.05) is 0 Å². The fourth-order valence-electron chi connectivity index (χ4n) is 0.603. The van der Waals surface area contributed by atoms with E-state index in [-0.39, 0.29) is 26.4 Å². The molecule has 9 N–H and O–H groups in total. The van der Waals surface area contributed by atoms with Gasteiger partial charge in [-0.25, -0.2) is 0 Å². The van der Waals surface area contributed by atoms with Crippen molar-refractivity contribution in [1.82, 2.24) is 0 Å². The van der Waals surface area contributed by atoms with Crippen LogP contribution >= 0.6 is 0 Å². The third kappa shape index (κ3) is 16.0. The second-order valence-electron chi connectivity index (χ2n) is 4.44. The first-order chi connectivity index (χ1) is 10.4. The van der Waals surface area contributed by atoms with E-state index in [9.17, 15) is 0 Å². The maximum Gasteiger partial charge on any atom is 0.100 e. The van der Waals surface area contributed by atoms with E-state index < -0.39 is 44.1 Å². The monoisotopic (exact) mass is 334 g/mol. The maximum atomic E-state index is 8.50. The maximum absolute atomic E-state index is 8.50. The molecule has 138 valence electrons. The third-order valence-corrected chi connectivity index (χ3v) is 2.33. The van der Waals surface area contributed by atoms with E-state index in [4.69, 9.17) is 46.0 Å². The van der Waals surface area contributed by atoms with Crippen LogP contribution in [-0.2, 0) is 4.74 Å². The fraction of sp³-hybridized carbons (Fsp3) is 1.00. The summed E-state index contributed by atoms with van der Waals surface area (Å²) in [5.74, 6) is 0. The van der Waals surface area contributed by atoms with E-state index in [0.29, 0.717) is 0 Å². The van der Waals surface area contributed by atoms with E-state index in [1.807, 2.05) is 0 Å². The summed E-state index contributed by atoms with van der Waals surface area (Å²) in [7, 11) is 1.47. The van der Waals surface area contributed by atoms with Crippen LogP contribution in [0, 0.1) is 5.41 Å². The van der Waals surface area contributed by atoms with Crippen LogP contribution in [0.1, 0.15) is 0 Å². The van der Waals surface area contributed by atoms with Gasteiger partial charge in [-0.3, -0.25) is 0 Å². The Kier molecular flexibility index (Phi) is 22.5. The summed E-state index contributed by atoms with van der Waals surface area (Å²) >= 11 is 0. The highest BCUT2D eigenvalue weighted by atomic mass is 16.5. The molecular formula is C12H30O10. The molecule has 0 aliphatic carbocycles. The van der Waals surface area contributed by atoms with E-state index in [2.05, 4.69) is 4.74 Å².